The minimum atomic E-state index is -0.587. The summed E-state index contributed by atoms with van der Waals surface area (Å²) < 4.78 is 9.43. The Morgan fingerprint density at radius 2 is 1.93 bits per heavy atom. The number of allylic oxidation sites excluding steroid dienone is 1. The van der Waals surface area contributed by atoms with Crippen molar-refractivity contribution in [3.05, 3.63) is 11.8 Å². The van der Waals surface area contributed by atoms with Crippen LogP contribution in [0.1, 0.15) is 33.6 Å². The van der Waals surface area contributed by atoms with Crippen LogP contribution in [0.15, 0.2) is 11.8 Å². The number of carbonyl (C=O) groups excluding carboxylic acids is 2. The summed E-state index contributed by atoms with van der Waals surface area (Å²) in [6.07, 6.45) is 3.13. The highest BCUT2D eigenvalue weighted by Crippen LogP contribution is 2.04. The first-order chi connectivity index (χ1) is 6.61. The smallest absolute Gasteiger partial charge is 0.374 e. The van der Waals surface area contributed by atoms with Crippen LogP contribution in [-0.4, -0.2) is 18.5 Å². The molecule has 0 aromatic rings. The molecule has 0 spiro atoms. The quantitative estimate of drug-likeness (QED) is 0.386. The van der Waals surface area contributed by atoms with Crippen molar-refractivity contribution < 1.29 is 19.1 Å². The maximum Gasteiger partial charge on any atom is 0.374 e. The molecule has 0 aliphatic carbocycles. The van der Waals surface area contributed by atoms with Crippen LogP contribution in [0.25, 0.3) is 0 Å². The lowest BCUT2D eigenvalue weighted by Gasteiger charge is -2.05. The van der Waals surface area contributed by atoms with Crippen molar-refractivity contribution in [2.75, 3.05) is 6.61 Å². The van der Waals surface area contributed by atoms with Crippen molar-refractivity contribution in [2.24, 2.45) is 0 Å². The highest BCUT2D eigenvalue weighted by molar-refractivity contribution is 5.89. The fraction of sp³-hybridized carbons (Fsp3) is 0.600. The van der Waals surface area contributed by atoms with E-state index >= 15 is 0 Å². The van der Waals surface area contributed by atoms with E-state index in [2.05, 4.69) is 0 Å². The van der Waals surface area contributed by atoms with E-state index in [1.165, 1.54) is 6.92 Å². The summed E-state index contributed by atoms with van der Waals surface area (Å²) in [4.78, 5) is 21.9. The van der Waals surface area contributed by atoms with E-state index in [0.29, 0.717) is 6.42 Å². The van der Waals surface area contributed by atoms with E-state index in [9.17, 15) is 9.59 Å². The summed E-state index contributed by atoms with van der Waals surface area (Å²) in [5.41, 5.74) is 0. The summed E-state index contributed by atoms with van der Waals surface area (Å²) in [6.45, 7) is 5.18. The van der Waals surface area contributed by atoms with E-state index in [4.69, 9.17) is 9.47 Å². The van der Waals surface area contributed by atoms with E-state index in [0.717, 1.165) is 6.42 Å². The van der Waals surface area contributed by atoms with Crippen molar-refractivity contribution >= 4 is 11.9 Å². The zero-order chi connectivity index (χ0) is 11.0. The highest BCUT2D eigenvalue weighted by Gasteiger charge is 2.13. The minimum absolute atomic E-state index is 0.0128. The van der Waals surface area contributed by atoms with E-state index in [1.807, 2.05) is 6.92 Å². The molecule has 4 nitrogen and oxygen atoms in total. The molecule has 0 N–H and O–H groups in total. The molecule has 0 aliphatic heterocycles. The topological polar surface area (TPSA) is 52.6 Å². The Balaban J connectivity index is 4.37. The zero-order valence-corrected chi connectivity index (χ0v) is 8.83. The second-order valence-corrected chi connectivity index (χ2v) is 2.67. The normalized spacial score (nSPS) is 10.9. The standard InChI is InChI=1S/C10H16O4/c1-4-6-7-9(14-8(3)11)10(12)13-5-2/h7H,4-6H2,1-3H3/b9-7-. The molecule has 0 aromatic carbocycles. The molecule has 0 aliphatic rings. The van der Waals surface area contributed by atoms with Gasteiger partial charge in [-0.3, -0.25) is 4.79 Å². The molecule has 0 radical (unpaired) electrons. The van der Waals surface area contributed by atoms with Crippen LogP contribution in [0, 0.1) is 0 Å². The molecule has 0 aromatic heterocycles. The fourth-order valence-electron chi connectivity index (χ4n) is 0.799. The monoisotopic (exact) mass is 200 g/mol. The second kappa shape index (κ2) is 7.12. The Morgan fingerprint density at radius 3 is 2.36 bits per heavy atom. The van der Waals surface area contributed by atoms with Crippen LogP contribution >= 0.6 is 0 Å². The highest BCUT2D eigenvalue weighted by atomic mass is 16.6. The SMILES string of the molecule is CCC/C=C(\OC(C)=O)C(=O)OCC. The summed E-state index contributed by atoms with van der Waals surface area (Å²) in [7, 11) is 0. The molecule has 0 atom stereocenters. The Morgan fingerprint density at radius 1 is 1.29 bits per heavy atom. The Kier molecular flexibility index (Phi) is 6.45. The molecule has 80 valence electrons. The third-order valence-corrected chi connectivity index (χ3v) is 1.35. The molecule has 0 saturated carbocycles. The average Bonchev–Trinajstić information content (AvgIpc) is 2.12. The number of unbranched alkanes of at least 4 members (excludes halogenated alkanes) is 1. The Bertz CT molecular complexity index is 230. The van der Waals surface area contributed by atoms with Gasteiger partial charge >= 0.3 is 11.9 Å². The van der Waals surface area contributed by atoms with Crippen molar-refractivity contribution in [3.63, 3.8) is 0 Å². The van der Waals surface area contributed by atoms with Gasteiger partial charge in [-0.2, -0.15) is 0 Å². The van der Waals surface area contributed by atoms with Crippen LogP contribution < -0.4 is 0 Å². The van der Waals surface area contributed by atoms with Crippen molar-refractivity contribution in [1.29, 1.82) is 0 Å². The number of hydrogen-bond acceptors (Lipinski definition) is 4. The van der Waals surface area contributed by atoms with Gasteiger partial charge in [0.05, 0.1) is 6.61 Å². The van der Waals surface area contributed by atoms with Crippen molar-refractivity contribution in [2.45, 2.75) is 33.6 Å². The molecule has 0 rings (SSSR count). The average molecular weight is 200 g/mol. The first-order valence-electron chi connectivity index (χ1n) is 4.67. The predicted octanol–water partition coefficient (Wildman–Crippen LogP) is 1.80. The summed E-state index contributed by atoms with van der Waals surface area (Å²) in [6, 6.07) is 0. The van der Waals surface area contributed by atoms with Crippen LogP contribution in [0.3, 0.4) is 0 Å². The first kappa shape index (κ1) is 12.7. The molecule has 0 heterocycles. The molecule has 0 unspecified atom stereocenters. The second-order valence-electron chi connectivity index (χ2n) is 2.67. The number of esters is 2. The molecule has 0 amide bonds. The lowest BCUT2D eigenvalue weighted by molar-refractivity contribution is -0.150. The molecule has 0 fully saturated rings. The number of ether oxygens (including phenoxy) is 2. The van der Waals surface area contributed by atoms with Gasteiger partial charge in [0.15, 0.2) is 0 Å². The lowest BCUT2D eigenvalue weighted by Crippen LogP contribution is -2.12. The molecule has 0 bridgehead atoms. The van der Waals surface area contributed by atoms with Crippen LogP contribution in [-0.2, 0) is 19.1 Å². The predicted molar refractivity (Wildman–Crippen MR) is 51.4 cm³/mol. The molecular formula is C10H16O4. The van der Waals surface area contributed by atoms with E-state index < -0.39 is 11.9 Å². The van der Waals surface area contributed by atoms with Crippen LogP contribution in [0.4, 0.5) is 0 Å². The zero-order valence-electron chi connectivity index (χ0n) is 8.83. The lowest BCUT2D eigenvalue weighted by atomic mass is 10.3. The van der Waals surface area contributed by atoms with Crippen LogP contribution in [0.2, 0.25) is 0 Å². The Labute approximate surface area is 83.9 Å². The van der Waals surface area contributed by atoms with Crippen molar-refractivity contribution in [1.82, 2.24) is 0 Å². The van der Waals surface area contributed by atoms with Gasteiger partial charge in [-0.25, -0.2) is 4.79 Å². The Hall–Kier alpha value is -1.32. The largest absolute Gasteiger partial charge is 0.460 e. The number of carbonyl (C=O) groups is 2. The first-order valence-corrected chi connectivity index (χ1v) is 4.67. The molecule has 0 saturated heterocycles. The van der Waals surface area contributed by atoms with Crippen molar-refractivity contribution in [3.8, 4) is 0 Å². The minimum Gasteiger partial charge on any atom is -0.460 e. The van der Waals surface area contributed by atoms with Gasteiger partial charge in [-0.15, -0.1) is 0 Å². The van der Waals surface area contributed by atoms with E-state index in [-0.39, 0.29) is 12.4 Å². The van der Waals surface area contributed by atoms with E-state index in [1.54, 1.807) is 13.0 Å². The molecular weight excluding hydrogens is 184 g/mol. The fourth-order valence-corrected chi connectivity index (χ4v) is 0.799. The van der Waals surface area contributed by atoms with Gasteiger partial charge < -0.3 is 9.47 Å². The number of rotatable bonds is 5. The van der Waals surface area contributed by atoms with Gasteiger partial charge in [-0.05, 0) is 19.4 Å². The van der Waals surface area contributed by atoms with Gasteiger partial charge in [0.1, 0.15) is 0 Å². The summed E-state index contributed by atoms with van der Waals surface area (Å²) in [5.74, 6) is -1.11. The van der Waals surface area contributed by atoms with Crippen LogP contribution in [0.5, 0.6) is 0 Å². The number of hydrogen-bond donors (Lipinski definition) is 0. The molecule has 14 heavy (non-hydrogen) atoms. The maximum absolute atomic E-state index is 11.2. The van der Waals surface area contributed by atoms with Gasteiger partial charge in [0, 0.05) is 6.92 Å². The summed E-state index contributed by atoms with van der Waals surface area (Å²) >= 11 is 0. The van der Waals surface area contributed by atoms with Gasteiger partial charge in [0.2, 0.25) is 5.76 Å². The summed E-state index contributed by atoms with van der Waals surface area (Å²) in [5, 5.41) is 0. The third-order valence-electron chi connectivity index (χ3n) is 1.35. The maximum atomic E-state index is 11.2. The third kappa shape index (κ3) is 5.35. The van der Waals surface area contributed by atoms with Gasteiger partial charge in [-0.1, -0.05) is 13.3 Å². The molecule has 4 heteroatoms. The van der Waals surface area contributed by atoms with Gasteiger partial charge in [0.25, 0.3) is 0 Å².